The van der Waals surface area contributed by atoms with Crippen molar-refractivity contribution in [3.63, 3.8) is 0 Å². The van der Waals surface area contributed by atoms with Gasteiger partial charge < -0.3 is 10.4 Å². The number of benzene rings is 1. The number of hydrogen-bond acceptors (Lipinski definition) is 2. The molecular formula is C16H24ClNO2. The summed E-state index contributed by atoms with van der Waals surface area (Å²) in [6.45, 7) is 7.31. The number of halogens is 1. The van der Waals surface area contributed by atoms with Crippen LogP contribution in [0.3, 0.4) is 0 Å². The van der Waals surface area contributed by atoms with E-state index in [0.29, 0.717) is 5.69 Å². The molecule has 0 aliphatic rings. The molecule has 1 aromatic carbocycles. The second-order valence-corrected chi connectivity index (χ2v) is 6.35. The minimum atomic E-state index is -0.998. The molecule has 0 aliphatic carbocycles. The third-order valence-electron chi connectivity index (χ3n) is 3.44. The van der Waals surface area contributed by atoms with E-state index in [4.69, 9.17) is 11.6 Å². The maximum absolute atomic E-state index is 11.3. The summed E-state index contributed by atoms with van der Waals surface area (Å²) in [4.78, 5) is 11.3. The third-order valence-corrected chi connectivity index (χ3v) is 3.76. The lowest BCUT2D eigenvalue weighted by Gasteiger charge is -2.26. The highest BCUT2D eigenvalue weighted by atomic mass is 35.5. The molecule has 20 heavy (non-hydrogen) atoms. The second-order valence-electron chi connectivity index (χ2n) is 5.94. The number of anilines is 1. The Kier molecular flexibility index (Phi) is 6.34. The maximum Gasteiger partial charge on any atom is 0.339 e. The standard InChI is InChI=1S/C16H24ClNO2/c1-4-5-6-10-16(2,3)11-18-13-9-7-8-12(17)14(13)15(19)20/h7-9,18H,4-6,10-11H2,1-3H3,(H,19,20). The minimum Gasteiger partial charge on any atom is -0.478 e. The third kappa shape index (κ3) is 5.04. The van der Waals surface area contributed by atoms with E-state index in [0.717, 1.165) is 13.0 Å². The Balaban J connectivity index is 2.70. The molecule has 0 bridgehead atoms. The first-order valence-corrected chi connectivity index (χ1v) is 7.51. The van der Waals surface area contributed by atoms with E-state index < -0.39 is 5.97 Å². The molecule has 0 heterocycles. The van der Waals surface area contributed by atoms with E-state index in [-0.39, 0.29) is 16.0 Å². The van der Waals surface area contributed by atoms with Crippen LogP contribution in [0.15, 0.2) is 18.2 Å². The van der Waals surface area contributed by atoms with Crippen LogP contribution < -0.4 is 5.32 Å². The first-order chi connectivity index (χ1) is 9.37. The molecule has 0 spiro atoms. The molecule has 0 unspecified atom stereocenters. The van der Waals surface area contributed by atoms with Crippen LogP contribution in [0.25, 0.3) is 0 Å². The summed E-state index contributed by atoms with van der Waals surface area (Å²) in [5.41, 5.74) is 0.875. The van der Waals surface area contributed by atoms with E-state index in [9.17, 15) is 9.90 Å². The molecule has 0 amide bonds. The second kappa shape index (κ2) is 7.53. The predicted molar refractivity (Wildman–Crippen MR) is 84.8 cm³/mol. The Morgan fingerprint density at radius 2 is 2.05 bits per heavy atom. The number of carbonyl (C=O) groups is 1. The fourth-order valence-corrected chi connectivity index (χ4v) is 2.42. The van der Waals surface area contributed by atoms with Crippen LogP contribution in [0, 0.1) is 5.41 Å². The van der Waals surface area contributed by atoms with Crippen molar-refractivity contribution in [3.05, 3.63) is 28.8 Å². The lowest BCUT2D eigenvalue weighted by Crippen LogP contribution is -2.24. The highest BCUT2D eigenvalue weighted by Crippen LogP contribution is 2.28. The molecule has 0 radical (unpaired) electrons. The molecule has 0 aliphatic heterocycles. The van der Waals surface area contributed by atoms with Gasteiger partial charge in [0.05, 0.1) is 10.7 Å². The van der Waals surface area contributed by atoms with Crippen molar-refractivity contribution >= 4 is 23.3 Å². The van der Waals surface area contributed by atoms with Gasteiger partial charge in [0, 0.05) is 6.54 Å². The van der Waals surface area contributed by atoms with Gasteiger partial charge in [-0.15, -0.1) is 0 Å². The molecule has 112 valence electrons. The molecule has 0 fully saturated rings. The van der Waals surface area contributed by atoms with Crippen molar-refractivity contribution in [1.29, 1.82) is 0 Å². The van der Waals surface area contributed by atoms with Crippen molar-refractivity contribution in [2.24, 2.45) is 5.41 Å². The Labute approximate surface area is 126 Å². The van der Waals surface area contributed by atoms with E-state index in [1.807, 2.05) is 0 Å². The normalized spacial score (nSPS) is 11.4. The van der Waals surface area contributed by atoms with E-state index in [1.54, 1.807) is 18.2 Å². The first-order valence-electron chi connectivity index (χ1n) is 7.13. The predicted octanol–water partition coefficient (Wildman–Crippen LogP) is 5.06. The van der Waals surface area contributed by atoms with E-state index in [1.165, 1.54) is 19.3 Å². The van der Waals surface area contributed by atoms with Crippen LogP contribution in [0.5, 0.6) is 0 Å². The Morgan fingerprint density at radius 3 is 2.65 bits per heavy atom. The minimum absolute atomic E-state index is 0.132. The highest BCUT2D eigenvalue weighted by Gasteiger charge is 2.19. The molecule has 0 aromatic heterocycles. The number of carboxylic acids is 1. The fourth-order valence-electron chi connectivity index (χ4n) is 2.17. The molecule has 4 heteroatoms. The lowest BCUT2D eigenvalue weighted by atomic mass is 9.86. The average molecular weight is 298 g/mol. The summed E-state index contributed by atoms with van der Waals surface area (Å²) in [6.07, 6.45) is 4.77. The van der Waals surface area contributed by atoms with Crippen molar-refractivity contribution in [2.75, 3.05) is 11.9 Å². The van der Waals surface area contributed by atoms with Gasteiger partial charge in [0.1, 0.15) is 5.56 Å². The Morgan fingerprint density at radius 1 is 1.35 bits per heavy atom. The van der Waals surface area contributed by atoms with Gasteiger partial charge in [-0.05, 0) is 24.0 Å². The number of hydrogen-bond donors (Lipinski definition) is 2. The zero-order valence-electron chi connectivity index (χ0n) is 12.5. The Hall–Kier alpha value is -1.22. The molecule has 2 N–H and O–H groups in total. The summed E-state index contributed by atoms with van der Waals surface area (Å²) in [5.74, 6) is -0.998. The van der Waals surface area contributed by atoms with Crippen LogP contribution in [0.1, 0.15) is 56.8 Å². The average Bonchev–Trinajstić information content (AvgIpc) is 2.36. The van der Waals surface area contributed by atoms with Gasteiger partial charge in [-0.1, -0.05) is 57.7 Å². The van der Waals surface area contributed by atoms with Gasteiger partial charge in [-0.3, -0.25) is 0 Å². The fraction of sp³-hybridized carbons (Fsp3) is 0.562. The quantitative estimate of drug-likeness (QED) is 0.660. The molecule has 0 saturated carbocycles. The van der Waals surface area contributed by atoms with Crippen LogP contribution in [-0.2, 0) is 0 Å². The van der Waals surface area contributed by atoms with Gasteiger partial charge in [0.15, 0.2) is 0 Å². The van der Waals surface area contributed by atoms with Crippen LogP contribution in [0.2, 0.25) is 5.02 Å². The number of carboxylic acid groups (broad SMARTS) is 1. The SMILES string of the molecule is CCCCCC(C)(C)CNc1cccc(Cl)c1C(=O)O. The molecule has 0 atom stereocenters. The lowest BCUT2D eigenvalue weighted by molar-refractivity contribution is 0.0698. The zero-order chi connectivity index (χ0) is 15.2. The van der Waals surface area contributed by atoms with E-state index >= 15 is 0 Å². The van der Waals surface area contributed by atoms with Crippen molar-refractivity contribution in [2.45, 2.75) is 46.5 Å². The summed E-state index contributed by atoms with van der Waals surface area (Å²) in [7, 11) is 0. The molecular weight excluding hydrogens is 274 g/mol. The molecule has 0 saturated heterocycles. The van der Waals surface area contributed by atoms with Crippen LogP contribution in [0.4, 0.5) is 5.69 Å². The van der Waals surface area contributed by atoms with E-state index in [2.05, 4.69) is 26.1 Å². The van der Waals surface area contributed by atoms with Crippen LogP contribution in [-0.4, -0.2) is 17.6 Å². The smallest absolute Gasteiger partial charge is 0.339 e. The summed E-state index contributed by atoms with van der Waals surface area (Å²) >= 11 is 5.96. The molecule has 1 rings (SSSR count). The largest absolute Gasteiger partial charge is 0.478 e. The topological polar surface area (TPSA) is 49.3 Å². The summed E-state index contributed by atoms with van der Waals surface area (Å²) in [5, 5.41) is 12.7. The van der Waals surface area contributed by atoms with Gasteiger partial charge in [0.25, 0.3) is 0 Å². The van der Waals surface area contributed by atoms with Gasteiger partial charge in [0.2, 0.25) is 0 Å². The van der Waals surface area contributed by atoms with Gasteiger partial charge in [-0.2, -0.15) is 0 Å². The molecule has 3 nitrogen and oxygen atoms in total. The summed E-state index contributed by atoms with van der Waals surface area (Å²) in [6, 6.07) is 5.13. The first kappa shape index (κ1) is 16.8. The van der Waals surface area contributed by atoms with Gasteiger partial charge in [-0.25, -0.2) is 4.79 Å². The monoisotopic (exact) mass is 297 g/mol. The zero-order valence-corrected chi connectivity index (χ0v) is 13.3. The Bertz CT molecular complexity index is 458. The number of rotatable bonds is 8. The molecule has 1 aromatic rings. The number of unbranched alkanes of at least 4 members (excludes halogenated alkanes) is 2. The number of aromatic carboxylic acids is 1. The number of nitrogens with one attached hydrogen (secondary N) is 1. The highest BCUT2D eigenvalue weighted by molar-refractivity contribution is 6.34. The summed E-state index contributed by atoms with van der Waals surface area (Å²) < 4.78 is 0. The van der Waals surface area contributed by atoms with Crippen molar-refractivity contribution in [1.82, 2.24) is 0 Å². The van der Waals surface area contributed by atoms with Crippen molar-refractivity contribution in [3.8, 4) is 0 Å². The van der Waals surface area contributed by atoms with Crippen molar-refractivity contribution < 1.29 is 9.90 Å². The maximum atomic E-state index is 11.3. The van der Waals surface area contributed by atoms with Gasteiger partial charge >= 0.3 is 5.97 Å². The van der Waals surface area contributed by atoms with Crippen LogP contribution >= 0.6 is 11.6 Å².